The molecule has 1 rings (SSSR count). The van der Waals surface area contributed by atoms with Crippen LogP contribution < -0.4 is 5.73 Å². The molecule has 0 saturated carbocycles. The van der Waals surface area contributed by atoms with Gasteiger partial charge in [0, 0.05) is 6.07 Å². The van der Waals surface area contributed by atoms with Gasteiger partial charge in [0.1, 0.15) is 23.5 Å². The summed E-state index contributed by atoms with van der Waals surface area (Å²) in [6.45, 7) is 0. The molecule has 15 heavy (non-hydrogen) atoms. The van der Waals surface area contributed by atoms with E-state index in [2.05, 4.69) is 15.9 Å². The molecule has 82 valence electrons. The zero-order valence-electron chi connectivity index (χ0n) is 7.10. The molecule has 7 heteroatoms. The molecule has 0 radical (unpaired) electrons. The van der Waals surface area contributed by atoms with Crippen molar-refractivity contribution < 1.29 is 23.1 Å². The second-order valence-electron chi connectivity index (χ2n) is 2.70. The first-order valence-corrected chi connectivity index (χ1v) is 4.46. The first kappa shape index (κ1) is 12.0. The summed E-state index contributed by atoms with van der Waals surface area (Å²) in [6, 6.07) is -1.51. The minimum absolute atomic E-state index is 0.366. The number of carbonyl (C=O) groups is 1. The summed E-state index contributed by atoms with van der Waals surface area (Å²) in [5, 5.41) is 8.48. The zero-order valence-corrected chi connectivity index (χ0v) is 8.69. The number of aliphatic carboxylic acids is 1. The van der Waals surface area contributed by atoms with Crippen LogP contribution in [0.2, 0.25) is 0 Å². The second-order valence-corrected chi connectivity index (χ2v) is 3.49. The molecule has 0 saturated heterocycles. The van der Waals surface area contributed by atoms with Crippen LogP contribution in [0, 0.1) is 17.5 Å². The van der Waals surface area contributed by atoms with E-state index >= 15 is 0 Å². The van der Waals surface area contributed by atoms with E-state index in [4.69, 9.17) is 10.8 Å². The summed E-state index contributed by atoms with van der Waals surface area (Å²) in [4.78, 5) is 10.4. The van der Waals surface area contributed by atoms with Gasteiger partial charge in [-0.2, -0.15) is 0 Å². The molecule has 1 atom stereocenters. The minimum atomic E-state index is -1.87. The van der Waals surface area contributed by atoms with Gasteiger partial charge in [0.25, 0.3) is 0 Å². The summed E-state index contributed by atoms with van der Waals surface area (Å²) in [7, 11) is 0. The van der Waals surface area contributed by atoms with Crippen molar-refractivity contribution in [2.75, 3.05) is 0 Å². The fraction of sp³-hybridized carbons (Fsp3) is 0.125. The van der Waals surface area contributed by atoms with Crippen molar-refractivity contribution in [1.82, 2.24) is 0 Å². The molecule has 0 bridgehead atoms. The van der Waals surface area contributed by atoms with Crippen LogP contribution in [-0.2, 0) is 4.79 Å². The standard InChI is InChI=1S/C8H5BrF3NO2/c9-5-3(11)1-2(10)4(6(5)12)7(13)8(14)15/h1,7H,13H2,(H,14,15). The van der Waals surface area contributed by atoms with Crippen LogP contribution in [0.25, 0.3) is 0 Å². The Kier molecular flexibility index (Phi) is 3.35. The number of nitrogens with two attached hydrogens (primary N) is 1. The van der Waals surface area contributed by atoms with E-state index in [1.54, 1.807) is 0 Å². The maximum absolute atomic E-state index is 13.3. The van der Waals surface area contributed by atoms with Crippen molar-refractivity contribution in [1.29, 1.82) is 0 Å². The molecular weight excluding hydrogens is 279 g/mol. The zero-order chi connectivity index (χ0) is 11.7. The number of hydrogen-bond donors (Lipinski definition) is 2. The molecular formula is C8H5BrF3NO2. The summed E-state index contributed by atoms with van der Waals surface area (Å²) >= 11 is 2.52. The Balaban J connectivity index is 3.42. The highest BCUT2D eigenvalue weighted by Gasteiger charge is 2.26. The van der Waals surface area contributed by atoms with E-state index in [0.717, 1.165) is 0 Å². The van der Waals surface area contributed by atoms with Gasteiger partial charge in [-0.15, -0.1) is 0 Å². The Hall–Kier alpha value is -1.08. The fourth-order valence-corrected chi connectivity index (χ4v) is 1.32. The van der Waals surface area contributed by atoms with E-state index in [1.807, 2.05) is 0 Å². The van der Waals surface area contributed by atoms with Gasteiger partial charge in [0.2, 0.25) is 0 Å². The molecule has 0 aromatic heterocycles. The molecule has 1 aromatic rings. The SMILES string of the molecule is NC(C(=O)O)c1c(F)cc(F)c(Br)c1F. The lowest BCUT2D eigenvalue weighted by Gasteiger charge is -2.10. The van der Waals surface area contributed by atoms with Crippen molar-refractivity contribution in [2.24, 2.45) is 5.73 Å². The highest BCUT2D eigenvalue weighted by atomic mass is 79.9. The number of halogens is 4. The third-order valence-electron chi connectivity index (χ3n) is 1.73. The van der Waals surface area contributed by atoms with Crippen LogP contribution >= 0.6 is 15.9 Å². The Bertz CT molecular complexity index is 425. The van der Waals surface area contributed by atoms with Crippen molar-refractivity contribution in [2.45, 2.75) is 6.04 Å². The normalized spacial score (nSPS) is 12.6. The van der Waals surface area contributed by atoms with Crippen LogP contribution in [0.1, 0.15) is 11.6 Å². The average Bonchev–Trinajstić information content (AvgIpc) is 2.14. The largest absolute Gasteiger partial charge is 0.480 e. The van der Waals surface area contributed by atoms with Gasteiger partial charge in [-0.3, -0.25) is 4.79 Å². The quantitative estimate of drug-likeness (QED) is 0.644. The molecule has 0 heterocycles. The molecule has 0 aliphatic heterocycles. The van der Waals surface area contributed by atoms with Gasteiger partial charge in [0.15, 0.2) is 0 Å². The maximum atomic E-state index is 13.3. The van der Waals surface area contributed by atoms with Gasteiger partial charge < -0.3 is 10.8 Å². The lowest BCUT2D eigenvalue weighted by molar-refractivity contribution is -0.138. The number of carboxylic acid groups (broad SMARTS) is 1. The van der Waals surface area contributed by atoms with Crippen molar-refractivity contribution in [3.63, 3.8) is 0 Å². The average molecular weight is 284 g/mol. The summed E-state index contributed by atoms with van der Waals surface area (Å²) in [6.07, 6.45) is 0. The molecule has 1 unspecified atom stereocenters. The van der Waals surface area contributed by atoms with E-state index < -0.39 is 39.5 Å². The minimum Gasteiger partial charge on any atom is -0.480 e. The van der Waals surface area contributed by atoms with Gasteiger partial charge in [-0.1, -0.05) is 0 Å². The third-order valence-corrected chi connectivity index (χ3v) is 2.45. The van der Waals surface area contributed by atoms with Gasteiger partial charge in [0.05, 0.1) is 10.0 Å². The topological polar surface area (TPSA) is 63.3 Å². The Morgan fingerprint density at radius 2 is 1.93 bits per heavy atom. The Morgan fingerprint density at radius 3 is 2.40 bits per heavy atom. The monoisotopic (exact) mass is 283 g/mol. The first-order chi connectivity index (χ1) is 6.86. The molecule has 0 spiro atoms. The van der Waals surface area contributed by atoms with Gasteiger partial charge in [-0.25, -0.2) is 13.2 Å². The maximum Gasteiger partial charge on any atom is 0.325 e. The molecule has 0 fully saturated rings. The van der Waals surface area contributed by atoms with Crippen LogP contribution in [-0.4, -0.2) is 11.1 Å². The smallest absolute Gasteiger partial charge is 0.325 e. The van der Waals surface area contributed by atoms with E-state index in [9.17, 15) is 18.0 Å². The summed E-state index contributed by atoms with van der Waals surface area (Å²) < 4.78 is 38.4. The predicted molar refractivity (Wildman–Crippen MR) is 48.6 cm³/mol. The number of hydrogen-bond acceptors (Lipinski definition) is 2. The van der Waals surface area contributed by atoms with E-state index in [0.29, 0.717) is 6.07 Å². The highest BCUT2D eigenvalue weighted by molar-refractivity contribution is 9.10. The van der Waals surface area contributed by atoms with Gasteiger partial charge in [-0.05, 0) is 15.9 Å². The predicted octanol–water partition coefficient (Wildman–Crippen LogP) is 1.95. The van der Waals surface area contributed by atoms with Crippen LogP contribution in [0.3, 0.4) is 0 Å². The second kappa shape index (κ2) is 4.19. The van der Waals surface area contributed by atoms with Crippen molar-refractivity contribution in [3.05, 3.63) is 33.6 Å². The lowest BCUT2D eigenvalue weighted by Crippen LogP contribution is -2.23. The van der Waals surface area contributed by atoms with Crippen LogP contribution in [0.5, 0.6) is 0 Å². The number of rotatable bonds is 2. The molecule has 3 N–H and O–H groups in total. The molecule has 0 aliphatic rings. The Labute approximate surface area is 90.8 Å². The summed E-state index contributed by atoms with van der Waals surface area (Å²) in [5.74, 6) is -5.44. The summed E-state index contributed by atoms with van der Waals surface area (Å²) in [5.41, 5.74) is 4.16. The van der Waals surface area contributed by atoms with Gasteiger partial charge >= 0.3 is 5.97 Å². The van der Waals surface area contributed by atoms with E-state index in [-0.39, 0.29) is 0 Å². The van der Waals surface area contributed by atoms with Crippen molar-refractivity contribution in [3.8, 4) is 0 Å². The highest BCUT2D eigenvalue weighted by Crippen LogP contribution is 2.28. The molecule has 3 nitrogen and oxygen atoms in total. The van der Waals surface area contributed by atoms with E-state index in [1.165, 1.54) is 0 Å². The molecule has 0 amide bonds. The number of carboxylic acids is 1. The third kappa shape index (κ3) is 2.13. The Morgan fingerprint density at radius 1 is 1.40 bits per heavy atom. The molecule has 1 aromatic carbocycles. The first-order valence-electron chi connectivity index (χ1n) is 3.67. The van der Waals surface area contributed by atoms with Crippen molar-refractivity contribution >= 4 is 21.9 Å². The van der Waals surface area contributed by atoms with Crippen LogP contribution in [0.15, 0.2) is 10.5 Å². The number of benzene rings is 1. The molecule has 0 aliphatic carbocycles. The lowest BCUT2D eigenvalue weighted by atomic mass is 10.1. The van der Waals surface area contributed by atoms with Crippen LogP contribution in [0.4, 0.5) is 13.2 Å². The fourth-order valence-electron chi connectivity index (χ4n) is 0.989.